The van der Waals surface area contributed by atoms with Gasteiger partial charge in [-0.25, -0.2) is 0 Å². The molecule has 1 aliphatic heterocycles. The van der Waals surface area contributed by atoms with Gasteiger partial charge in [0.2, 0.25) is 5.91 Å². The van der Waals surface area contributed by atoms with Crippen LogP contribution in [0.3, 0.4) is 0 Å². The molecule has 1 heterocycles. The van der Waals surface area contributed by atoms with Gasteiger partial charge >= 0.3 is 0 Å². The summed E-state index contributed by atoms with van der Waals surface area (Å²) < 4.78 is 11.3. The molecule has 0 aromatic heterocycles. The van der Waals surface area contributed by atoms with Crippen molar-refractivity contribution in [2.45, 2.75) is 397 Å². The lowest BCUT2D eigenvalue weighted by Gasteiger charge is -2.40. The second-order valence-corrected chi connectivity index (χ2v) is 24.7. The van der Waals surface area contributed by atoms with E-state index in [1.807, 2.05) is 6.08 Å². The highest BCUT2D eigenvalue weighted by Gasteiger charge is 2.44. The maximum absolute atomic E-state index is 13.1. The summed E-state index contributed by atoms with van der Waals surface area (Å²) in [7, 11) is 0. The van der Waals surface area contributed by atoms with Crippen molar-refractivity contribution in [1.82, 2.24) is 5.32 Å². The van der Waals surface area contributed by atoms with Crippen LogP contribution in [0.4, 0.5) is 0 Å². The molecule has 7 unspecified atom stereocenters. The fourth-order valence-corrected chi connectivity index (χ4v) is 11.4. The normalized spacial score (nSPS) is 18.6. The minimum absolute atomic E-state index is 0.183. The number of nitrogens with one attached hydrogen (secondary N) is 1. The van der Waals surface area contributed by atoms with Crippen molar-refractivity contribution in [2.75, 3.05) is 13.2 Å². The van der Waals surface area contributed by atoms with Crippen LogP contribution in [0.25, 0.3) is 0 Å². The smallest absolute Gasteiger partial charge is 0.220 e. The Kier molecular flexibility index (Phi) is 57.8. The van der Waals surface area contributed by atoms with Gasteiger partial charge in [-0.2, -0.15) is 0 Å². The van der Waals surface area contributed by atoms with Gasteiger partial charge in [-0.15, -0.1) is 0 Å². The second-order valence-electron chi connectivity index (χ2n) is 24.7. The van der Waals surface area contributed by atoms with E-state index in [9.17, 15) is 30.3 Å². The van der Waals surface area contributed by atoms with E-state index in [1.165, 1.54) is 289 Å². The summed E-state index contributed by atoms with van der Waals surface area (Å²) in [5, 5.41) is 54.7. The minimum atomic E-state index is -1.57. The summed E-state index contributed by atoms with van der Waals surface area (Å²) in [6, 6.07) is -0.828. The zero-order chi connectivity index (χ0) is 57.9. The molecule has 1 saturated heterocycles. The first-order chi connectivity index (χ1) is 39.3. The first-order valence-corrected chi connectivity index (χ1v) is 35.2. The lowest BCUT2D eigenvalue weighted by Crippen LogP contribution is -2.60. The highest BCUT2D eigenvalue weighted by atomic mass is 16.7. The number of carbonyl (C=O) groups is 1. The molecule has 0 aliphatic carbocycles. The molecular formula is C71H135NO8. The van der Waals surface area contributed by atoms with E-state index in [0.29, 0.717) is 6.42 Å². The molecule has 9 nitrogen and oxygen atoms in total. The Morgan fingerprint density at radius 3 is 1.05 bits per heavy atom. The molecule has 0 bridgehead atoms. The molecule has 6 N–H and O–H groups in total. The van der Waals surface area contributed by atoms with E-state index in [-0.39, 0.29) is 12.5 Å². The van der Waals surface area contributed by atoms with Gasteiger partial charge in [-0.1, -0.05) is 339 Å². The number of unbranched alkanes of at least 4 members (excludes halogenated alkanes) is 48. The van der Waals surface area contributed by atoms with Crippen molar-refractivity contribution < 1.29 is 39.8 Å². The molecule has 0 aromatic carbocycles. The van der Waals surface area contributed by atoms with E-state index in [0.717, 1.165) is 44.9 Å². The molecule has 0 aromatic rings. The van der Waals surface area contributed by atoms with Crippen molar-refractivity contribution in [2.24, 2.45) is 0 Å². The second kappa shape index (κ2) is 60.5. The van der Waals surface area contributed by atoms with E-state index >= 15 is 0 Å². The van der Waals surface area contributed by atoms with Crippen LogP contribution in [0.1, 0.15) is 354 Å². The first kappa shape index (κ1) is 76.4. The molecule has 0 radical (unpaired) electrons. The van der Waals surface area contributed by atoms with E-state index in [1.54, 1.807) is 6.08 Å². The number of allylic oxidation sites excluding steroid dienone is 5. The van der Waals surface area contributed by atoms with Gasteiger partial charge in [0.15, 0.2) is 6.29 Å². The Morgan fingerprint density at radius 1 is 0.412 bits per heavy atom. The zero-order valence-electron chi connectivity index (χ0n) is 52.9. The number of aliphatic hydroxyl groups excluding tert-OH is 5. The number of amides is 1. The maximum atomic E-state index is 13.1. The zero-order valence-corrected chi connectivity index (χ0v) is 52.9. The summed E-state index contributed by atoms with van der Waals surface area (Å²) in [5.74, 6) is -0.183. The number of aliphatic hydroxyl groups is 5. The van der Waals surface area contributed by atoms with Crippen molar-refractivity contribution in [3.63, 3.8) is 0 Å². The third-order valence-electron chi connectivity index (χ3n) is 16.9. The Morgan fingerprint density at radius 2 is 0.713 bits per heavy atom. The van der Waals surface area contributed by atoms with Gasteiger partial charge < -0.3 is 40.3 Å². The molecule has 0 spiro atoms. The number of hydrogen-bond acceptors (Lipinski definition) is 8. The standard InChI is InChI=1S/C71H135NO8/c1-3-5-7-9-11-13-15-17-19-21-23-25-27-29-31-32-33-35-36-38-40-42-44-46-48-50-52-54-56-58-60-65(74)64(63-79-71-70(78)69(77)68(76)66(62-73)80-71)72-67(75)61-59-57-55-53-51-49-47-45-43-41-39-37-34-30-28-26-24-22-20-18-16-14-12-10-8-6-4-2/h42,44,50,52,58,60,64-66,68-71,73-74,76-78H,3-41,43,45-49,51,53-57,59,61-63H2,1-2H3,(H,72,75)/b44-42+,52-50+,60-58+. The Labute approximate surface area is 495 Å². The van der Waals surface area contributed by atoms with E-state index in [4.69, 9.17) is 9.47 Å². The van der Waals surface area contributed by atoms with E-state index in [2.05, 4.69) is 43.5 Å². The number of rotatable bonds is 62. The number of hydrogen-bond donors (Lipinski definition) is 6. The minimum Gasteiger partial charge on any atom is -0.394 e. The fraction of sp³-hybridized carbons (Fsp3) is 0.901. The molecule has 7 atom stereocenters. The monoisotopic (exact) mass is 1130 g/mol. The van der Waals surface area contributed by atoms with Crippen molar-refractivity contribution in [1.29, 1.82) is 0 Å². The van der Waals surface area contributed by atoms with Crippen LogP contribution in [-0.2, 0) is 14.3 Å². The average molecular weight is 1130 g/mol. The van der Waals surface area contributed by atoms with E-state index < -0.39 is 49.5 Å². The van der Waals surface area contributed by atoms with Crippen molar-refractivity contribution in [3.8, 4) is 0 Å². The molecule has 1 fully saturated rings. The fourth-order valence-electron chi connectivity index (χ4n) is 11.4. The quantitative estimate of drug-likeness (QED) is 0.0261. The molecule has 9 heteroatoms. The van der Waals surface area contributed by atoms with Gasteiger partial charge in [0.1, 0.15) is 24.4 Å². The highest BCUT2D eigenvalue weighted by molar-refractivity contribution is 5.76. The van der Waals surface area contributed by atoms with Crippen LogP contribution >= 0.6 is 0 Å². The van der Waals surface area contributed by atoms with Gasteiger partial charge in [-0.3, -0.25) is 4.79 Å². The molecule has 1 aliphatic rings. The average Bonchev–Trinajstić information content (AvgIpc) is 3.46. The highest BCUT2D eigenvalue weighted by Crippen LogP contribution is 2.23. The summed E-state index contributed by atoms with van der Waals surface area (Å²) in [6.45, 7) is 3.82. The summed E-state index contributed by atoms with van der Waals surface area (Å²) in [5.41, 5.74) is 0. The Balaban J connectivity index is 2.16. The van der Waals surface area contributed by atoms with Gasteiger partial charge in [0.05, 0.1) is 25.4 Å². The predicted molar refractivity (Wildman–Crippen MR) is 341 cm³/mol. The van der Waals surface area contributed by atoms with Crippen LogP contribution in [0.5, 0.6) is 0 Å². The molecule has 1 rings (SSSR count). The SMILES string of the molecule is CCCCCCCCCCCCCCCCCCCCCC/C=C/CC/C=C/CC/C=C/C(O)C(COC1OC(CO)C(O)C(O)C1O)NC(=O)CCCCCCCCCCCCCCCCCCCCCCCCCCCCC. The Bertz CT molecular complexity index is 1360. The topological polar surface area (TPSA) is 149 Å². The predicted octanol–water partition coefficient (Wildman–Crippen LogP) is 19.0. The van der Waals surface area contributed by atoms with Crippen molar-refractivity contribution >= 4 is 5.91 Å². The third kappa shape index (κ3) is 48.7. The molecular weight excluding hydrogens is 995 g/mol. The summed E-state index contributed by atoms with van der Waals surface area (Å²) in [6.07, 6.45) is 74.1. The molecule has 0 saturated carbocycles. The largest absolute Gasteiger partial charge is 0.394 e. The first-order valence-electron chi connectivity index (χ1n) is 35.2. The summed E-state index contributed by atoms with van der Waals surface area (Å²) >= 11 is 0. The van der Waals surface area contributed by atoms with Crippen molar-refractivity contribution in [3.05, 3.63) is 36.5 Å². The molecule has 472 valence electrons. The van der Waals surface area contributed by atoms with Gasteiger partial charge in [0, 0.05) is 6.42 Å². The van der Waals surface area contributed by atoms with Crippen LogP contribution in [0, 0.1) is 0 Å². The third-order valence-corrected chi connectivity index (χ3v) is 16.9. The van der Waals surface area contributed by atoms with Crippen LogP contribution in [-0.4, -0.2) is 87.5 Å². The number of ether oxygens (including phenoxy) is 2. The number of carbonyl (C=O) groups excluding carboxylic acids is 1. The molecule has 80 heavy (non-hydrogen) atoms. The lowest BCUT2D eigenvalue weighted by molar-refractivity contribution is -0.302. The van der Waals surface area contributed by atoms with Crippen LogP contribution < -0.4 is 5.32 Å². The Hall–Kier alpha value is -1.59. The maximum Gasteiger partial charge on any atom is 0.220 e. The van der Waals surface area contributed by atoms with Crippen LogP contribution in [0.15, 0.2) is 36.5 Å². The molecule has 1 amide bonds. The summed E-state index contributed by atoms with van der Waals surface area (Å²) in [4.78, 5) is 13.1. The van der Waals surface area contributed by atoms with Gasteiger partial charge in [0.25, 0.3) is 0 Å². The van der Waals surface area contributed by atoms with Gasteiger partial charge in [-0.05, 0) is 44.9 Å². The lowest BCUT2D eigenvalue weighted by atomic mass is 9.99. The van der Waals surface area contributed by atoms with Crippen LogP contribution in [0.2, 0.25) is 0 Å².